The van der Waals surface area contributed by atoms with Crippen molar-refractivity contribution in [2.75, 3.05) is 6.61 Å². The van der Waals surface area contributed by atoms with E-state index in [9.17, 15) is 0 Å². The Balaban J connectivity index is 3.15. The molecule has 0 aromatic carbocycles. The zero-order chi connectivity index (χ0) is 7.66. The molecule has 1 nitrogen and oxygen atoms in total. The molecule has 0 saturated carbocycles. The number of hydrogen-bond acceptors (Lipinski definition) is 1. The first-order valence-electron chi connectivity index (χ1n) is 3.84. The van der Waals surface area contributed by atoms with Crippen LogP contribution in [-0.4, -0.2) is 11.7 Å². The van der Waals surface area contributed by atoms with E-state index in [2.05, 4.69) is 13.0 Å². The van der Waals surface area contributed by atoms with Gasteiger partial charge in [0.2, 0.25) is 0 Å². The third kappa shape index (κ3) is 7.44. The standard InChI is InChI=1S/C9H16O/c1-2-3-4-5-6-7-8-9-10/h4-7,10H,2-3,8-9H2,1H3/b5-4+,7-6+. The highest BCUT2D eigenvalue weighted by Gasteiger charge is 1.71. The third-order valence-corrected chi connectivity index (χ3v) is 1.13. The number of hydrogen-bond donors (Lipinski definition) is 1. The lowest BCUT2D eigenvalue weighted by Gasteiger charge is -1.81. The first kappa shape index (κ1) is 9.44. The second-order valence-corrected chi connectivity index (χ2v) is 2.16. The molecule has 10 heavy (non-hydrogen) atoms. The van der Waals surface area contributed by atoms with Crippen molar-refractivity contribution in [3.63, 3.8) is 0 Å². The van der Waals surface area contributed by atoms with Crippen molar-refractivity contribution in [3.05, 3.63) is 24.3 Å². The fourth-order valence-corrected chi connectivity index (χ4v) is 0.591. The van der Waals surface area contributed by atoms with Gasteiger partial charge in [-0.3, -0.25) is 0 Å². The zero-order valence-electron chi connectivity index (χ0n) is 6.59. The largest absolute Gasteiger partial charge is 0.396 e. The maximum absolute atomic E-state index is 8.39. The van der Waals surface area contributed by atoms with Crippen molar-refractivity contribution in [2.45, 2.75) is 26.2 Å². The summed E-state index contributed by atoms with van der Waals surface area (Å²) in [5.74, 6) is 0. The van der Waals surface area contributed by atoms with Gasteiger partial charge in [0, 0.05) is 6.61 Å². The minimum atomic E-state index is 0.248. The van der Waals surface area contributed by atoms with Crippen LogP contribution in [0.2, 0.25) is 0 Å². The second kappa shape index (κ2) is 8.44. The summed E-state index contributed by atoms with van der Waals surface area (Å²) in [6.07, 6.45) is 11.2. The average molecular weight is 140 g/mol. The van der Waals surface area contributed by atoms with E-state index in [0.29, 0.717) is 0 Å². The van der Waals surface area contributed by atoms with Gasteiger partial charge in [0.15, 0.2) is 0 Å². The van der Waals surface area contributed by atoms with Crippen molar-refractivity contribution in [1.82, 2.24) is 0 Å². The van der Waals surface area contributed by atoms with E-state index in [1.165, 1.54) is 6.42 Å². The van der Waals surface area contributed by atoms with Gasteiger partial charge in [0.25, 0.3) is 0 Å². The Morgan fingerprint density at radius 2 is 1.70 bits per heavy atom. The molecule has 1 heteroatoms. The molecule has 0 aromatic rings. The molecule has 0 aliphatic heterocycles. The summed E-state index contributed by atoms with van der Waals surface area (Å²) in [6, 6.07) is 0. The lowest BCUT2D eigenvalue weighted by atomic mass is 10.3. The quantitative estimate of drug-likeness (QED) is 0.581. The summed E-state index contributed by atoms with van der Waals surface area (Å²) >= 11 is 0. The van der Waals surface area contributed by atoms with Gasteiger partial charge in [-0.1, -0.05) is 37.6 Å². The Morgan fingerprint density at radius 3 is 2.20 bits per heavy atom. The molecule has 0 rings (SSSR count). The topological polar surface area (TPSA) is 20.2 Å². The van der Waals surface area contributed by atoms with Gasteiger partial charge in [-0.25, -0.2) is 0 Å². The monoisotopic (exact) mass is 140 g/mol. The van der Waals surface area contributed by atoms with Gasteiger partial charge in [0.1, 0.15) is 0 Å². The molecule has 0 aliphatic carbocycles. The Bertz CT molecular complexity index is 89.3. The summed E-state index contributed by atoms with van der Waals surface area (Å²) in [5, 5.41) is 8.39. The number of unbranched alkanes of at least 4 members (excludes halogenated alkanes) is 1. The molecule has 0 amide bonds. The molecule has 0 atom stereocenters. The van der Waals surface area contributed by atoms with Crippen molar-refractivity contribution < 1.29 is 5.11 Å². The molecule has 0 bridgehead atoms. The summed E-state index contributed by atoms with van der Waals surface area (Å²) in [7, 11) is 0. The lowest BCUT2D eigenvalue weighted by Crippen LogP contribution is -1.73. The number of aliphatic hydroxyl groups is 1. The average Bonchev–Trinajstić information content (AvgIpc) is 1.97. The van der Waals surface area contributed by atoms with Gasteiger partial charge < -0.3 is 5.11 Å². The van der Waals surface area contributed by atoms with Crippen molar-refractivity contribution >= 4 is 0 Å². The van der Waals surface area contributed by atoms with Gasteiger partial charge in [-0.15, -0.1) is 0 Å². The molecule has 0 fully saturated rings. The second-order valence-electron chi connectivity index (χ2n) is 2.16. The summed E-state index contributed by atoms with van der Waals surface area (Å²) < 4.78 is 0. The molecule has 1 N–H and O–H groups in total. The number of aliphatic hydroxyl groups excluding tert-OH is 1. The van der Waals surface area contributed by atoms with Crippen LogP contribution in [0.25, 0.3) is 0 Å². The lowest BCUT2D eigenvalue weighted by molar-refractivity contribution is 0.302. The van der Waals surface area contributed by atoms with Gasteiger partial charge in [-0.2, -0.15) is 0 Å². The Labute approximate surface area is 63.1 Å². The predicted molar refractivity (Wildman–Crippen MR) is 44.9 cm³/mol. The first-order valence-corrected chi connectivity index (χ1v) is 3.84. The van der Waals surface area contributed by atoms with Crippen LogP contribution in [0.4, 0.5) is 0 Å². The molecule has 0 saturated heterocycles. The van der Waals surface area contributed by atoms with Crippen LogP contribution < -0.4 is 0 Å². The van der Waals surface area contributed by atoms with Gasteiger partial charge in [0.05, 0.1) is 0 Å². The third-order valence-electron chi connectivity index (χ3n) is 1.13. The van der Waals surface area contributed by atoms with Crippen molar-refractivity contribution in [1.29, 1.82) is 0 Å². The Kier molecular flexibility index (Phi) is 7.97. The highest BCUT2D eigenvalue weighted by Crippen LogP contribution is 1.89. The van der Waals surface area contributed by atoms with E-state index in [0.717, 1.165) is 12.8 Å². The molecule has 0 heterocycles. The maximum atomic E-state index is 8.39. The Hall–Kier alpha value is -0.560. The first-order chi connectivity index (χ1) is 4.91. The van der Waals surface area contributed by atoms with E-state index >= 15 is 0 Å². The van der Waals surface area contributed by atoms with Crippen LogP contribution in [0.1, 0.15) is 26.2 Å². The van der Waals surface area contributed by atoms with Crippen molar-refractivity contribution in [2.24, 2.45) is 0 Å². The normalized spacial score (nSPS) is 11.8. The fourth-order valence-electron chi connectivity index (χ4n) is 0.591. The highest BCUT2D eigenvalue weighted by atomic mass is 16.2. The van der Waals surface area contributed by atoms with Gasteiger partial charge >= 0.3 is 0 Å². The smallest absolute Gasteiger partial charge is 0.0465 e. The zero-order valence-corrected chi connectivity index (χ0v) is 6.59. The molecule has 58 valence electrons. The number of allylic oxidation sites excluding steroid dienone is 3. The Morgan fingerprint density at radius 1 is 1.10 bits per heavy atom. The molecule has 0 aromatic heterocycles. The van der Waals surface area contributed by atoms with Gasteiger partial charge in [-0.05, 0) is 12.8 Å². The molecular weight excluding hydrogens is 124 g/mol. The minimum Gasteiger partial charge on any atom is -0.396 e. The van der Waals surface area contributed by atoms with E-state index in [4.69, 9.17) is 5.11 Å². The molecule has 0 aliphatic rings. The number of rotatable bonds is 5. The molecule has 0 radical (unpaired) electrons. The van der Waals surface area contributed by atoms with Crippen LogP contribution >= 0.6 is 0 Å². The van der Waals surface area contributed by atoms with Crippen LogP contribution in [0.3, 0.4) is 0 Å². The summed E-state index contributed by atoms with van der Waals surface area (Å²) in [6.45, 7) is 2.40. The molecule has 0 spiro atoms. The summed E-state index contributed by atoms with van der Waals surface area (Å²) in [4.78, 5) is 0. The van der Waals surface area contributed by atoms with Crippen LogP contribution in [0.5, 0.6) is 0 Å². The van der Waals surface area contributed by atoms with E-state index in [1.807, 2.05) is 18.2 Å². The van der Waals surface area contributed by atoms with E-state index in [-0.39, 0.29) is 6.61 Å². The predicted octanol–water partition coefficient (Wildman–Crippen LogP) is 2.28. The highest BCUT2D eigenvalue weighted by molar-refractivity contribution is 5.01. The fraction of sp³-hybridized carbons (Fsp3) is 0.556. The minimum absolute atomic E-state index is 0.248. The van der Waals surface area contributed by atoms with E-state index < -0.39 is 0 Å². The molecular formula is C9H16O. The maximum Gasteiger partial charge on any atom is 0.0465 e. The van der Waals surface area contributed by atoms with E-state index in [1.54, 1.807) is 0 Å². The van der Waals surface area contributed by atoms with Crippen LogP contribution in [0.15, 0.2) is 24.3 Å². The summed E-state index contributed by atoms with van der Waals surface area (Å²) in [5.41, 5.74) is 0. The van der Waals surface area contributed by atoms with Crippen LogP contribution in [0, 0.1) is 0 Å². The van der Waals surface area contributed by atoms with Crippen LogP contribution in [-0.2, 0) is 0 Å². The van der Waals surface area contributed by atoms with Crippen molar-refractivity contribution in [3.8, 4) is 0 Å². The SMILES string of the molecule is CCC/C=C/C=C/CCO. The molecule has 0 unspecified atom stereocenters.